The summed E-state index contributed by atoms with van der Waals surface area (Å²) < 4.78 is 3.76. The lowest BCUT2D eigenvalue weighted by Crippen LogP contribution is -2.49. The number of aliphatic carboxylic acids is 1. The van der Waals surface area contributed by atoms with Gasteiger partial charge in [0.05, 0.1) is 5.69 Å². The van der Waals surface area contributed by atoms with E-state index in [0.717, 1.165) is 18.0 Å². The number of carbonyl (C=O) groups is 2. The van der Waals surface area contributed by atoms with Crippen LogP contribution in [-0.2, 0) is 11.2 Å². The summed E-state index contributed by atoms with van der Waals surface area (Å²) in [5.41, 5.74) is 0.0629. The molecule has 0 aliphatic rings. The molecule has 0 saturated carbocycles. The zero-order valence-corrected chi connectivity index (χ0v) is 12.4. The molecule has 0 radical (unpaired) electrons. The number of carboxylic acid groups (broad SMARTS) is 1. The molecular weight excluding hydrogens is 266 g/mol. The average molecular weight is 285 g/mol. The van der Waals surface area contributed by atoms with Crippen molar-refractivity contribution in [2.24, 2.45) is 5.41 Å². The van der Waals surface area contributed by atoms with Gasteiger partial charge in [0, 0.05) is 0 Å². The van der Waals surface area contributed by atoms with Crippen LogP contribution in [0.3, 0.4) is 0 Å². The van der Waals surface area contributed by atoms with Crippen molar-refractivity contribution in [2.75, 3.05) is 0 Å². The Hall–Kier alpha value is -1.50. The minimum absolute atomic E-state index is 0.400. The van der Waals surface area contributed by atoms with Crippen LogP contribution >= 0.6 is 11.5 Å². The van der Waals surface area contributed by atoms with Crippen LogP contribution in [0.25, 0.3) is 0 Å². The van der Waals surface area contributed by atoms with Gasteiger partial charge in [-0.05, 0) is 23.4 Å². The van der Waals surface area contributed by atoms with E-state index >= 15 is 0 Å². The molecule has 1 atom stereocenters. The van der Waals surface area contributed by atoms with Gasteiger partial charge in [0.1, 0.15) is 10.9 Å². The third kappa shape index (κ3) is 3.99. The van der Waals surface area contributed by atoms with E-state index in [1.807, 2.05) is 6.92 Å². The first-order valence-electron chi connectivity index (χ1n) is 6.12. The van der Waals surface area contributed by atoms with E-state index < -0.39 is 23.3 Å². The van der Waals surface area contributed by atoms with E-state index in [1.165, 1.54) is 0 Å². The van der Waals surface area contributed by atoms with Gasteiger partial charge in [-0.2, -0.15) is 0 Å². The molecule has 0 aliphatic carbocycles. The molecule has 0 saturated heterocycles. The number of nitrogens with one attached hydrogen (secondary N) is 1. The largest absolute Gasteiger partial charge is 0.480 e. The smallest absolute Gasteiger partial charge is 0.326 e. The topological polar surface area (TPSA) is 92.2 Å². The highest BCUT2D eigenvalue weighted by Crippen LogP contribution is 2.21. The molecule has 6 nitrogen and oxygen atoms in total. The van der Waals surface area contributed by atoms with Crippen LogP contribution in [0.2, 0.25) is 0 Å². The zero-order chi connectivity index (χ0) is 14.6. The molecule has 19 heavy (non-hydrogen) atoms. The van der Waals surface area contributed by atoms with E-state index in [0.29, 0.717) is 17.0 Å². The van der Waals surface area contributed by atoms with Crippen molar-refractivity contribution in [3.05, 3.63) is 10.6 Å². The van der Waals surface area contributed by atoms with Crippen molar-refractivity contribution in [1.29, 1.82) is 0 Å². The van der Waals surface area contributed by atoms with E-state index in [1.54, 1.807) is 20.8 Å². The van der Waals surface area contributed by atoms with Crippen molar-refractivity contribution in [2.45, 2.75) is 46.6 Å². The van der Waals surface area contributed by atoms with Gasteiger partial charge < -0.3 is 10.4 Å². The summed E-state index contributed by atoms with van der Waals surface area (Å²) in [4.78, 5) is 23.7. The third-order valence-electron chi connectivity index (χ3n) is 2.64. The maximum atomic E-state index is 12.1. The van der Waals surface area contributed by atoms with E-state index in [4.69, 9.17) is 0 Å². The van der Waals surface area contributed by atoms with Gasteiger partial charge in [-0.15, -0.1) is 5.10 Å². The predicted molar refractivity (Wildman–Crippen MR) is 72.2 cm³/mol. The van der Waals surface area contributed by atoms with E-state index in [9.17, 15) is 14.7 Å². The molecule has 1 heterocycles. The molecule has 0 aromatic carbocycles. The maximum absolute atomic E-state index is 12.1. The molecule has 1 amide bonds. The summed E-state index contributed by atoms with van der Waals surface area (Å²) in [6.45, 7) is 7.29. The summed E-state index contributed by atoms with van der Waals surface area (Å²) in [5, 5.41) is 15.6. The molecule has 1 aromatic heterocycles. The lowest BCUT2D eigenvalue weighted by molar-refractivity contribution is -0.142. The first kappa shape index (κ1) is 15.6. The fraction of sp³-hybridized carbons (Fsp3) is 0.667. The second-order valence-electron chi connectivity index (χ2n) is 5.41. The van der Waals surface area contributed by atoms with Gasteiger partial charge in [-0.1, -0.05) is 38.6 Å². The maximum Gasteiger partial charge on any atom is 0.326 e. The van der Waals surface area contributed by atoms with Gasteiger partial charge in [-0.3, -0.25) is 4.79 Å². The molecule has 0 unspecified atom stereocenters. The third-order valence-corrected chi connectivity index (χ3v) is 3.40. The SMILES string of the molecule is CCCc1nnsc1C(=O)N[C@@H](C(=O)O)C(C)(C)C. The van der Waals surface area contributed by atoms with Crippen LogP contribution in [0.1, 0.15) is 49.5 Å². The Labute approximate surface area is 116 Å². The first-order chi connectivity index (χ1) is 8.77. The molecule has 0 fully saturated rings. The number of nitrogens with zero attached hydrogens (tertiary/aromatic N) is 2. The first-order valence-corrected chi connectivity index (χ1v) is 6.89. The normalized spacial score (nSPS) is 13.1. The number of rotatable bonds is 5. The molecule has 0 bridgehead atoms. The van der Waals surface area contributed by atoms with Crippen molar-refractivity contribution in [3.63, 3.8) is 0 Å². The summed E-state index contributed by atoms with van der Waals surface area (Å²) in [5.74, 6) is -1.46. The Bertz CT molecular complexity index is 465. The number of aryl methyl sites for hydroxylation is 1. The van der Waals surface area contributed by atoms with Crippen LogP contribution in [0.5, 0.6) is 0 Å². The molecule has 0 aliphatic heterocycles. The van der Waals surface area contributed by atoms with Gasteiger partial charge in [0.25, 0.3) is 5.91 Å². The minimum Gasteiger partial charge on any atom is -0.480 e. The molecular formula is C12H19N3O3S. The molecule has 7 heteroatoms. The summed E-state index contributed by atoms with van der Waals surface area (Å²) >= 11 is 0.996. The van der Waals surface area contributed by atoms with Crippen LogP contribution in [-0.4, -0.2) is 32.6 Å². The number of aromatic nitrogens is 2. The Morgan fingerprint density at radius 3 is 2.53 bits per heavy atom. The number of hydrogen-bond acceptors (Lipinski definition) is 5. The van der Waals surface area contributed by atoms with Crippen LogP contribution in [0.15, 0.2) is 0 Å². The number of carbonyl (C=O) groups excluding carboxylic acids is 1. The lowest BCUT2D eigenvalue weighted by atomic mass is 9.86. The monoisotopic (exact) mass is 285 g/mol. The highest BCUT2D eigenvalue weighted by Gasteiger charge is 2.33. The van der Waals surface area contributed by atoms with Crippen molar-refractivity contribution in [1.82, 2.24) is 14.9 Å². The Morgan fingerprint density at radius 1 is 1.42 bits per heavy atom. The number of hydrogen-bond donors (Lipinski definition) is 2. The number of carboxylic acids is 1. The van der Waals surface area contributed by atoms with Gasteiger partial charge in [0.15, 0.2) is 0 Å². The fourth-order valence-corrected chi connectivity index (χ4v) is 2.24. The fourth-order valence-electron chi connectivity index (χ4n) is 1.63. The second kappa shape index (κ2) is 6.10. The average Bonchev–Trinajstić information content (AvgIpc) is 2.72. The highest BCUT2D eigenvalue weighted by atomic mass is 32.1. The standard InChI is InChI=1S/C12H19N3O3S/c1-5-6-7-8(19-15-14-7)10(16)13-9(11(17)18)12(2,3)4/h9H,5-6H2,1-4H3,(H,13,16)(H,17,18)/t9-/m0/s1. The van der Waals surface area contributed by atoms with Crippen LogP contribution < -0.4 is 5.32 Å². The molecule has 1 aromatic rings. The Morgan fingerprint density at radius 2 is 2.05 bits per heavy atom. The van der Waals surface area contributed by atoms with Gasteiger partial charge in [-0.25, -0.2) is 4.79 Å². The predicted octanol–water partition coefficient (Wildman–Crippen LogP) is 1.72. The molecule has 0 spiro atoms. The molecule has 1 rings (SSSR count). The summed E-state index contributed by atoms with van der Waals surface area (Å²) in [6.07, 6.45) is 1.51. The summed E-state index contributed by atoms with van der Waals surface area (Å²) in [6, 6.07) is -0.948. The molecule has 2 N–H and O–H groups in total. The Balaban J connectivity index is 2.88. The van der Waals surface area contributed by atoms with Crippen LogP contribution in [0.4, 0.5) is 0 Å². The highest BCUT2D eigenvalue weighted by molar-refractivity contribution is 7.08. The summed E-state index contributed by atoms with van der Waals surface area (Å²) in [7, 11) is 0. The lowest BCUT2D eigenvalue weighted by Gasteiger charge is -2.27. The van der Waals surface area contributed by atoms with E-state index in [2.05, 4.69) is 14.9 Å². The number of amides is 1. The van der Waals surface area contributed by atoms with Crippen LogP contribution in [0, 0.1) is 5.41 Å². The van der Waals surface area contributed by atoms with Gasteiger partial charge in [0.2, 0.25) is 0 Å². The van der Waals surface area contributed by atoms with Crippen molar-refractivity contribution >= 4 is 23.4 Å². The quantitative estimate of drug-likeness (QED) is 0.859. The second-order valence-corrected chi connectivity index (χ2v) is 6.16. The zero-order valence-electron chi connectivity index (χ0n) is 11.6. The van der Waals surface area contributed by atoms with Gasteiger partial charge >= 0.3 is 5.97 Å². The Kier molecular flexibility index (Phi) is 4.99. The van der Waals surface area contributed by atoms with E-state index in [-0.39, 0.29) is 0 Å². The molecule has 106 valence electrons. The van der Waals surface area contributed by atoms with Crippen molar-refractivity contribution in [3.8, 4) is 0 Å². The minimum atomic E-state index is -1.05. The van der Waals surface area contributed by atoms with Crippen molar-refractivity contribution < 1.29 is 14.7 Å².